The molecular weight excluding hydrogens is 571 g/mol. The summed E-state index contributed by atoms with van der Waals surface area (Å²) in [4.78, 5) is 25.7. The van der Waals surface area contributed by atoms with E-state index in [2.05, 4.69) is 46.0 Å². The van der Waals surface area contributed by atoms with Crippen LogP contribution in [0.2, 0.25) is 0 Å². The normalized spacial score (nSPS) is 20.8. The first kappa shape index (κ1) is 33.0. The first-order valence-corrected chi connectivity index (χ1v) is 16.3. The van der Waals surface area contributed by atoms with Gasteiger partial charge in [0.25, 0.3) is 8.53 Å². The van der Waals surface area contributed by atoms with Gasteiger partial charge in [-0.2, -0.15) is 9.97 Å². The smallest absolute Gasteiger partial charge is 0.323 e. The van der Waals surface area contributed by atoms with E-state index in [4.69, 9.17) is 29.0 Å². The van der Waals surface area contributed by atoms with Crippen LogP contribution in [0.4, 0.5) is 5.95 Å². The molecule has 13 heteroatoms. The molecule has 1 saturated heterocycles. The van der Waals surface area contributed by atoms with Crippen LogP contribution in [0, 0.1) is 5.92 Å². The number of esters is 1. The third-order valence-corrected chi connectivity index (χ3v) is 8.44. The predicted molar refractivity (Wildman–Crippen MR) is 165 cm³/mol. The minimum atomic E-state index is -1.67. The molecule has 0 spiro atoms. The molecule has 43 heavy (non-hydrogen) atoms. The molecule has 3 N–H and O–H groups in total. The summed E-state index contributed by atoms with van der Waals surface area (Å²) in [6.07, 6.45) is 4.33. The molecule has 1 aliphatic heterocycles. The number of aromatic nitrogens is 4. The second-order valence-corrected chi connectivity index (χ2v) is 12.3. The molecule has 12 nitrogen and oxygen atoms in total. The van der Waals surface area contributed by atoms with Crippen LogP contribution in [0.25, 0.3) is 11.2 Å². The molecule has 5 unspecified atom stereocenters. The Morgan fingerprint density at radius 3 is 2.67 bits per heavy atom. The van der Waals surface area contributed by atoms with Gasteiger partial charge in [-0.3, -0.25) is 9.36 Å². The van der Waals surface area contributed by atoms with E-state index in [0.29, 0.717) is 23.7 Å². The highest BCUT2D eigenvalue weighted by molar-refractivity contribution is 7.45. The average Bonchev–Trinajstić information content (AvgIpc) is 3.56. The largest absolute Gasteiger partial charge is 0.476 e. The van der Waals surface area contributed by atoms with Crippen molar-refractivity contribution in [3.63, 3.8) is 0 Å². The van der Waals surface area contributed by atoms with Gasteiger partial charge in [-0.1, -0.05) is 57.0 Å². The van der Waals surface area contributed by atoms with Gasteiger partial charge in [0.05, 0.1) is 37.9 Å². The highest BCUT2D eigenvalue weighted by Gasteiger charge is 2.36. The molecule has 236 valence electrons. The van der Waals surface area contributed by atoms with Gasteiger partial charge in [0.15, 0.2) is 11.2 Å². The number of nitrogens with two attached hydrogens (primary N) is 1. The first-order valence-electron chi connectivity index (χ1n) is 15.1. The van der Waals surface area contributed by atoms with Crippen molar-refractivity contribution in [3.8, 4) is 5.88 Å². The summed E-state index contributed by atoms with van der Waals surface area (Å²) in [5.41, 5.74) is 8.13. The SMILES string of the molecule is CCCCC(OP(N[C@@H](C)C(=O)OC(C)C)OCC1CC(C)C(n2cnc3c(OCC)nc(N)nc32)O1)c1ccccc1. The Kier molecular flexibility index (Phi) is 12.1. The number of nitrogens with zero attached hydrogens (tertiary/aromatic N) is 4. The summed E-state index contributed by atoms with van der Waals surface area (Å²) >= 11 is 0. The van der Waals surface area contributed by atoms with Crippen molar-refractivity contribution in [2.24, 2.45) is 5.92 Å². The van der Waals surface area contributed by atoms with Crippen LogP contribution in [-0.4, -0.2) is 57.0 Å². The number of carbonyl (C=O) groups excluding carboxylic acids is 1. The molecule has 1 aromatic carbocycles. The van der Waals surface area contributed by atoms with Crippen molar-refractivity contribution in [1.82, 2.24) is 24.6 Å². The van der Waals surface area contributed by atoms with E-state index >= 15 is 0 Å². The van der Waals surface area contributed by atoms with Crippen LogP contribution >= 0.6 is 8.53 Å². The lowest BCUT2D eigenvalue weighted by Gasteiger charge is -2.27. The Labute approximate surface area is 255 Å². The number of fused-ring (bicyclic) bond motifs is 1. The van der Waals surface area contributed by atoms with Gasteiger partial charge >= 0.3 is 5.97 Å². The Bertz CT molecular complexity index is 1310. The van der Waals surface area contributed by atoms with Crippen LogP contribution in [0.5, 0.6) is 5.88 Å². The van der Waals surface area contributed by atoms with E-state index in [0.717, 1.165) is 31.2 Å². The summed E-state index contributed by atoms with van der Waals surface area (Å²) in [5.74, 6) is 0.243. The molecule has 4 rings (SSSR count). The number of unbranched alkanes of at least 4 members (excludes halogenated alkanes) is 1. The van der Waals surface area contributed by atoms with Gasteiger partial charge in [0.1, 0.15) is 12.3 Å². The zero-order valence-corrected chi connectivity index (χ0v) is 26.8. The molecule has 3 heterocycles. The maximum absolute atomic E-state index is 12.6. The van der Waals surface area contributed by atoms with Crippen molar-refractivity contribution < 1.29 is 28.1 Å². The predicted octanol–water partition coefficient (Wildman–Crippen LogP) is 5.85. The summed E-state index contributed by atoms with van der Waals surface area (Å²) in [5, 5.41) is 3.25. The molecule has 2 aromatic heterocycles. The molecule has 3 aromatic rings. The zero-order chi connectivity index (χ0) is 30.9. The number of benzene rings is 1. The minimum absolute atomic E-state index is 0.109. The van der Waals surface area contributed by atoms with E-state index in [1.807, 2.05) is 43.5 Å². The zero-order valence-electron chi connectivity index (χ0n) is 25.9. The molecule has 0 radical (unpaired) electrons. The van der Waals surface area contributed by atoms with E-state index in [1.165, 1.54) is 0 Å². The average molecular weight is 617 g/mol. The van der Waals surface area contributed by atoms with Crippen LogP contribution in [0.15, 0.2) is 36.7 Å². The summed E-state index contributed by atoms with van der Waals surface area (Å²) in [6.45, 7) is 12.3. The molecule has 0 saturated carbocycles. The van der Waals surface area contributed by atoms with Crippen molar-refractivity contribution in [2.75, 3.05) is 18.9 Å². The summed E-state index contributed by atoms with van der Waals surface area (Å²) in [6, 6.07) is 9.48. The maximum Gasteiger partial charge on any atom is 0.323 e. The third kappa shape index (κ3) is 8.83. The number of hydrogen-bond acceptors (Lipinski definition) is 11. The van der Waals surface area contributed by atoms with E-state index in [9.17, 15) is 4.79 Å². The van der Waals surface area contributed by atoms with Gasteiger partial charge in [0.2, 0.25) is 11.8 Å². The molecular formula is C30H45N6O6P. The quantitative estimate of drug-likeness (QED) is 0.148. The number of anilines is 1. The van der Waals surface area contributed by atoms with Gasteiger partial charge in [0, 0.05) is 5.92 Å². The van der Waals surface area contributed by atoms with E-state index in [1.54, 1.807) is 13.3 Å². The molecule has 0 bridgehead atoms. The van der Waals surface area contributed by atoms with E-state index < -0.39 is 14.6 Å². The number of hydrogen-bond donors (Lipinski definition) is 2. The number of ether oxygens (including phenoxy) is 3. The third-order valence-electron chi connectivity index (χ3n) is 7.01. The summed E-state index contributed by atoms with van der Waals surface area (Å²) < 4.78 is 32.3. The maximum atomic E-state index is 12.6. The Morgan fingerprint density at radius 2 is 1.98 bits per heavy atom. The fourth-order valence-corrected chi connectivity index (χ4v) is 6.32. The summed E-state index contributed by atoms with van der Waals surface area (Å²) in [7, 11) is -1.67. The molecule has 1 aliphatic rings. The lowest BCUT2D eigenvalue weighted by molar-refractivity contribution is -0.149. The van der Waals surface area contributed by atoms with Gasteiger partial charge in [-0.15, -0.1) is 0 Å². The number of rotatable bonds is 16. The first-order chi connectivity index (χ1) is 20.7. The van der Waals surface area contributed by atoms with Crippen LogP contribution in [0.3, 0.4) is 0 Å². The number of nitrogen functional groups attached to an aromatic ring is 1. The fraction of sp³-hybridized carbons (Fsp3) is 0.600. The monoisotopic (exact) mass is 616 g/mol. The van der Waals surface area contributed by atoms with Crippen molar-refractivity contribution >= 4 is 31.6 Å². The molecule has 0 aliphatic carbocycles. The molecule has 0 amide bonds. The Morgan fingerprint density at radius 1 is 1.21 bits per heavy atom. The fourth-order valence-electron chi connectivity index (χ4n) is 4.94. The van der Waals surface area contributed by atoms with Crippen LogP contribution < -0.4 is 15.6 Å². The van der Waals surface area contributed by atoms with Crippen molar-refractivity contribution in [3.05, 3.63) is 42.2 Å². The van der Waals surface area contributed by atoms with Gasteiger partial charge in [-0.05, 0) is 46.1 Å². The number of imidazole rings is 1. The van der Waals surface area contributed by atoms with Gasteiger partial charge in [-0.25, -0.2) is 10.1 Å². The van der Waals surface area contributed by atoms with Gasteiger partial charge < -0.3 is 29.0 Å². The molecule has 6 atom stereocenters. The topological polar surface area (TPSA) is 145 Å². The highest BCUT2D eigenvalue weighted by atomic mass is 31.2. The van der Waals surface area contributed by atoms with E-state index in [-0.39, 0.29) is 49.0 Å². The Hall–Kier alpha value is -2.89. The number of nitrogens with one attached hydrogen (secondary N) is 1. The van der Waals surface area contributed by atoms with Crippen LogP contribution in [-0.2, 0) is 23.3 Å². The van der Waals surface area contributed by atoms with Crippen LogP contribution in [0.1, 0.15) is 85.1 Å². The standard InChI is InChI=1S/C30H45N6O6P/c1-7-9-15-24(22-13-11-10-12-14-22)42-43(35-21(6)29(37)40-19(3)4)39-17-23-16-20(5)28(41-23)36-18-32-25-26(36)33-30(31)34-27(25)38-8-2/h10-14,18-21,23-24,28,35H,7-9,15-17H2,1-6H3,(H2,31,33,34)/t20?,21-,23?,24?,28?,43?/m0/s1. The Balaban J connectivity index is 1.48. The second kappa shape index (κ2) is 15.7. The lowest BCUT2D eigenvalue weighted by atomic mass is 10.0. The van der Waals surface area contributed by atoms with Crippen molar-refractivity contribution in [2.45, 2.75) is 97.8 Å². The lowest BCUT2D eigenvalue weighted by Crippen LogP contribution is -2.35. The highest BCUT2D eigenvalue weighted by Crippen LogP contribution is 2.44. The minimum Gasteiger partial charge on any atom is -0.476 e. The second-order valence-electron chi connectivity index (χ2n) is 11.0. The molecule has 1 fully saturated rings. The van der Waals surface area contributed by atoms with Crippen molar-refractivity contribution in [1.29, 1.82) is 0 Å². The number of carbonyl (C=O) groups is 1.